The lowest BCUT2D eigenvalue weighted by Gasteiger charge is -2.21. The monoisotopic (exact) mass is 496 g/mol. The molecule has 1 aliphatic carbocycles. The van der Waals surface area contributed by atoms with Crippen molar-refractivity contribution in [1.29, 1.82) is 0 Å². The van der Waals surface area contributed by atoms with E-state index in [-0.39, 0.29) is 34.9 Å². The van der Waals surface area contributed by atoms with Crippen LogP contribution in [0.1, 0.15) is 97.3 Å². The van der Waals surface area contributed by atoms with Crippen molar-refractivity contribution in [3.63, 3.8) is 0 Å². The van der Waals surface area contributed by atoms with E-state index in [4.69, 9.17) is 0 Å². The molecule has 1 aliphatic rings. The van der Waals surface area contributed by atoms with Crippen LogP contribution in [0.2, 0.25) is 0 Å². The predicted molar refractivity (Wildman–Crippen MR) is 142 cm³/mol. The van der Waals surface area contributed by atoms with Crippen LogP contribution in [-0.2, 0) is 14.3 Å². The summed E-state index contributed by atoms with van der Waals surface area (Å²) in [6, 6.07) is 0. The Morgan fingerprint density at radius 2 is 1.79 bits per heavy atom. The number of ether oxygens (including phenoxy) is 1. The topological polar surface area (TPSA) is 83.8 Å². The van der Waals surface area contributed by atoms with Gasteiger partial charge in [-0.15, -0.1) is 0 Å². The molecule has 1 fully saturated rings. The Kier molecular flexibility index (Phi) is 17.4. The van der Waals surface area contributed by atoms with Crippen molar-refractivity contribution in [2.24, 2.45) is 11.8 Å². The molecule has 0 aromatic rings. The van der Waals surface area contributed by atoms with Crippen LogP contribution in [0.15, 0.2) is 24.3 Å². The summed E-state index contributed by atoms with van der Waals surface area (Å²) < 4.78 is 4.67. The molecule has 1 saturated carbocycles. The maximum absolute atomic E-state index is 12.9. The average Bonchev–Trinajstić information content (AvgIpc) is 3.12. The molecule has 5 atom stereocenters. The second kappa shape index (κ2) is 19.1. The summed E-state index contributed by atoms with van der Waals surface area (Å²) in [5, 5.41) is 20.9. The van der Waals surface area contributed by atoms with Crippen molar-refractivity contribution in [2.75, 3.05) is 12.9 Å². The standard InChI is InChI=1S/C28H48O5S/c1-4-6-10-14-22(29)18-19-25-24(16-12-8-9-13-17-28(32)33-3)26(31)20-27(25)34-21-23(30)15-11-7-5-2/h8,12,18-19,22-25,27,29-30H,4-7,9-11,13-17,20-21H2,1-3H3/b12-8+,19-18+. The summed E-state index contributed by atoms with van der Waals surface area (Å²) in [5.41, 5.74) is 0. The number of carbonyl (C=O) groups is 2. The maximum atomic E-state index is 12.9. The first-order chi connectivity index (χ1) is 16.4. The van der Waals surface area contributed by atoms with Crippen molar-refractivity contribution >= 4 is 23.5 Å². The van der Waals surface area contributed by atoms with Gasteiger partial charge in [-0.25, -0.2) is 0 Å². The highest BCUT2D eigenvalue weighted by Gasteiger charge is 2.40. The number of methoxy groups -OCH3 is 1. The van der Waals surface area contributed by atoms with Crippen LogP contribution in [0.5, 0.6) is 0 Å². The highest BCUT2D eigenvalue weighted by Crippen LogP contribution is 2.40. The molecular formula is C28H48O5S. The number of allylic oxidation sites excluding steroid dienone is 3. The molecule has 0 aliphatic heterocycles. The van der Waals surface area contributed by atoms with E-state index in [1.54, 1.807) is 11.8 Å². The zero-order valence-electron chi connectivity index (χ0n) is 21.6. The Labute approximate surface area is 211 Å². The number of esters is 1. The minimum absolute atomic E-state index is 0.0703. The van der Waals surface area contributed by atoms with Gasteiger partial charge < -0.3 is 14.9 Å². The van der Waals surface area contributed by atoms with Gasteiger partial charge in [0.25, 0.3) is 0 Å². The first-order valence-electron chi connectivity index (χ1n) is 13.3. The predicted octanol–water partition coefficient (Wildman–Crippen LogP) is 6.02. The smallest absolute Gasteiger partial charge is 0.305 e. The van der Waals surface area contributed by atoms with Crippen molar-refractivity contribution in [3.05, 3.63) is 24.3 Å². The van der Waals surface area contributed by atoms with E-state index in [1.165, 1.54) is 7.11 Å². The van der Waals surface area contributed by atoms with E-state index in [0.29, 0.717) is 25.0 Å². The first kappa shape index (κ1) is 30.9. The van der Waals surface area contributed by atoms with Gasteiger partial charge in [0, 0.05) is 29.8 Å². The molecule has 34 heavy (non-hydrogen) atoms. The minimum atomic E-state index is -0.470. The van der Waals surface area contributed by atoms with Crippen molar-refractivity contribution in [1.82, 2.24) is 0 Å². The number of hydrogen-bond acceptors (Lipinski definition) is 6. The molecule has 5 unspecified atom stereocenters. The largest absolute Gasteiger partial charge is 0.469 e. The lowest BCUT2D eigenvalue weighted by Crippen LogP contribution is -2.20. The number of thioether (sulfide) groups is 1. The van der Waals surface area contributed by atoms with Gasteiger partial charge in [-0.1, -0.05) is 76.7 Å². The molecule has 6 heteroatoms. The molecule has 0 bridgehead atoms. The summed E-state index contributed by atoms with van der Waals surface area (Å²) in [5.74, 6) is 0.707. The number of carbonyl (C=O) groups excluding carboxylic acids is 2. The quantitative estimate of drug-likeness (QED) is 0.129. The molecule has 2 N–H and O–H groups in total. The molecule has 0 amide bonds. The molecule has 0 heterocycles. The number of aliphatic hydroxyl groups excluding tert-OH is 2. The Hall–Kier alpha value is -1.11. The third-order valence-corrected chi connectivity index (χ3v) is 8.03. The van der Waals surface area contributed by atoms with Gasteiger partial charge in [-0.05, 0) is 38.0 Å². The number of hydrogen-bond donors (Lipinski definition) is 2. The summed E-state index contributed by atoms with van der Waals surface area (Å²) in [4.78, 5) is 24.1. The third kappa shape index (κ3) is 13.1. The van der Waals surface area contributed by atoms with E-state index in [1.807, 2.05) is 6.08 Å². The van der Waals surface area contributed by atoms with Crippen molar-refractivity contribution in [2.45, 2.75) is 115 Å². The van der Waals surface area contributed by atoms with E-state index in [0.717, 1.165) is 64.2 Å². The second-order valence-corrected chi connectivity index (χ2v) is 10.8. The van der Waals surface area contributed by atoms with Crippen LogP contribution in [-0.4, -0.2) is 52.3 Å². The van der Waals surface area contributed by atoms with Crippen LogP contribution in [0, 0.1) is 11.8 Å². The summed E-state index contributed by atoms with van der Waals surface area (Å²) in [6.07, 6.45) is 18.5. The number of rotatable bonds is 19. The Balaban J connectivity index is 2.70. The van der Waals surface area contributed by atoms with Gasteiger partial charge in [-0.3, -0.25) is 9.59 Å². The van der Waals surface area contributed by atoms with E-state index in [2.05, 4.69) is 36.8 Å². The van der Waals surface area contributed by atoms with Crippen LogP contribution >= 0.6 is 11.8 Å². The number of Topliss-reactive ketones (excluding diaryl/α,β-unsaturated/α-hetero) is 1. The first-order valence-corrected chi connectivity index (χ1v) is 14.4. The van der Waals surface area contributed by atoms with Gasteiger partial charge in [0.1, 0.15) is 5.78 Å². The molecule has 0 radical (unpaired) electrons. The fourth-order valence-corrected chi connectivity index (χ4v) is 5.83. The van der Waals surface area contributed by atoms with Gasteiger partial charge in [-0.2, -0.15) is 11.8 Å². The molecule has 0 saturated heterocycles. The Morgan fingerprint density at radius 3 is 2.47 bits per heavy atom. The van der Waals surface area contributed by atoms with Crippen LogP contribution in [0.25, 0.3) is 0 Å². The minimum Gasteiger partial charge on any atom is -0.469 e. The maximum Gasteiger partial charge on any atom is 0.305 e. The molecule has 1 rings (SSSR count). The van der Waals surface area contributed by atoms with Crippen LogP contribution in [0.4, 0.5) is 0 Å². The fourth-order valence-electron chi connectivity index (χ4n) is 4.41. The summed E-state index contributed by atoms with van der Waals surface area (Å²) in [6.45, 7) is 4.31. The second-order valence-electron chi connectivity index (χ2n) is 9.50. The van der Waals surface area contributed by atoms with E-state index < -0.39 is 6.10 Å². The number of unbranched alkanes of at least 4 members (excludes halogenated alkanes) is 5. The van der Waals surface area contributed by atoms with Crippen LogP contribution in [0.3, 0.4) is 0 Å². The molecule has 5 nitrogen and oxygen atoms in total. The highest BCUT2D eigenvalue weighted by atomic mass is 32.2. The molecular weight excluding hydrogens is 448 g/mol. The van der Waals surface area contributed by atoms with Crippen molar-refractivity contribution < 1.29 is 24.5 Å². The lowest BCUT2D eigenvalue weighted by molar-refractivity contribution is -0.140. The molecule has 0 spiro atoms. The number of aliphatic hydroxyl groups is 2. The molecule has 196 valence electrons. The molecule has 0 aromatic carbocycles. The fraction of sp³-hybridized carbons (Fsp3) is 0.786. The van der Waals surface area contributed by atoms with Gasteiger partial charge >= 0.3 is 5.97 Å². The third-order valence-electron chi connectivity index (χ3n) is 6.55. The van der Waals surface area contributed by atoms with Crippen molar-refractivity contribution in [3.8, 4) is 0 Å². The lowest BCUT2D eigenvalue weighted by atomic mass is 9.91. The Morgan fingerprint density at radius 1 is 1.09 bits per heavy atom. The normalized spacial score (nSPS) is 22.6. The highest BCUT2D eigenvalue weighted by molar-refractivity contribution is 8.00. The SMILES string of the molecule is CCCCCC(O)/C=C/C1C(SCC(O)CCCCC)CC(=O)C1C/C=C/CCCC(=O)OC. The van der Waals surface area contributed by atoms with E-state index >= 15 is 0 Å². The van der Waals surface area contributed by atoms with Gasteiger partial charge in [0.2, 0.25) is 0 Å². The zero-order chi connectivity index (χ0) is 25.2. The molecule has 0 aromatic heterocycles. The zero-order valence-corrected chi connectivity index (χ0v) is 22.4. The van der Waals surface area contributed by atoms with E-state index in [9.17, 15) is 19.8 Å². The summed E-state index contributed by atoms with van der Waals surface area (Å²) in [7, 11) is 1.40. The van der Waals surface area contributed by atoms with Gasteiger partial charge in [0.05, 0.1) is 19.3 Å². The van der Waals surface area contributed by atoms with Gasteiger partial charge in [0.15, 0.2) is 0 Å². The van der Waals surface area contributed by atoms with Crippen LogP contribution < -0.4 is 0 Å². The Bertz CT molecular complexity index is 618. The number of ketones is 1. The summed E-state index contributed by atoms with van der Waals surface area (Å²) >= 11 is 1.71. The average molecular weight is 497 g/mol.